The molecule has 0 saturated carbocycles. The number of hydrogen-bond acceptors (Lipinski definition) is 6. The summed E-state index contributed by atoms with van der Waals surface area (Å²) in [4.78, 5) is 22.9. The average molecular weight is 390 g/mol. The third-order valence-corrected chi connectivity index (χ3v) is 4.79. The number of amides is 1. The van der Waals surface area contributed by atoms with Crippen LogP contribution >= 0.6 is 0 Å². The summed E-state index contributed by atoms with van der Waals surface area (Å²) in [6.45, 7) is 1.45. The molecule has 7 heteroatoms. The molecule has 2 aromatic heterocycles. The van der Waals surface area contributed by atoms with E-state index in [0.29, 0.717) is 18.0 Å². The maximum absolute atomic E-state index is 12.6. The first-order valence-corrected chi connectivity index (χ1v) is 9.42. The number of nitrogens with zero attached hydrogens (tertiary/aromatic N) is 3. The zero-order chi connectivity index (χ0) is 20.1. The minimum atomic E-state index is -0.216. The lowest BCUT2D eigenvalue weighted by Gasteiger charge is -2.19. The third-order valence-electron chi connectivity index (χ3n) is 4.79. The van der Waals surface area contributed by atoms with Crippen molar-refractivity contribution in [3.05, 3.63) is 77.9 Å². The van der Waals surface area contributed by atoms with Crippen LogP contribution in [0.25, 0.3) is 0 Å². The van der Waals surface area contributed by atoms with Gasteiger partial charge in [0, 0.05) is 44.4 Å². The van der Waals surface area contributed by atoms with Crippen LogP contribution in [0.4, 0.5) is 5.69 Å². The maximum atomic E-state index is 12.6. The van der Waals surface area contributed by atoms with Gasteiger partial charge in [0.15, 0.2) is 11.5 Å². The number of fused-ring (bicyclic) bond motifs is 1. The van der Waals surface area contributed by atoms with Crippen molar-refractivity contribution in [3.8, 4) is 11.5 Å². The van der Waals surface area contributed by atoms with Crippen molar-refractivity contribution in [1.82, 2.24) is 15.3 Å². The molecule has 3 heterocycles. The van der Waals surface area contributed by atoms with Crippen LogP contribution in [-0.4, -0.2) is 36.3 Å². The first kappa shape index (κ1) is 18.7. The summed E-state index contributed by atoms with van der Waals surface area (Å²) in [5.41, 5.74) is 3.50. The van der Waals surface area contributed by atoms with Crippen molar-refractivity contribution in [2.75, 3.05) is 25.3 Å². The van der Waals surface area contributed by atoms with Gasteiger partial charge >= 0.3 is 0 Å². The second-order valence-corrected chi connectivity index (χ2v) is 6.80. The molecule has 0 bridgehead atoms. The number of aromatic nitrogens is 2. The Morgan fingerprint density at radius 2 is 1.86 bits per heavy atom. The fourth-order valence-electron chi connectivity index (χ4n) is 3.08. The number of ether oxygens (including phenoxy) is 2. The van der Waals surface area contributed by atoms with Gasteiger partial charge in [0.2, 0.25) is 6.79 Å². The van der Waals surface area contributed by atoms with E-state index in [9.17, 15) is 4.79 Å². The molecule has 0 fully saturated rings. The lowest BCUT2D eigenvalue weighted by atomic mass is 10.2. The molecular formula is C22H22N4O3. The molecule has 148 valence electrons. The van der Waals surface area contributed by atoms with Gasteiger partial charge in [0.1, 0.15) is 5.69 Å². The van der Waals surface area contributed by atoms with Crippen molar-refractivity contribution in [1.29, 1.82) is 0 Å². The van der Waals surface area contributed by atoms with E-state index in [-0.39, 0.29) is 12.7 Å². The number of carbonyl (C=O) groups excluding carboxylic acids is 1. The molecule has 1 aliphatic heterocycles. The van der Waals surface area contributed by atoms with Crippen LogP contribution in [0.5, 0.6) is 11.5 Å². The highest BCUT2D eigenvalue weighted by Gasteiger charge is 2.14. The predicted molar refractivity (Wildman–Crippen MR) is 109 cm³/mol. The molecule has 1 aliphatic rings. The first-order valence-electron chi connectivity index (χ1n) is 9.42. The lowest BCUT2D eigenvalue weighted by molar-refractivity contribution is 0.0946. The Balaban J connectivity index is 1.35. The Hall–Kier alpha value is -3.61. The molecule has 4 rings (SSSR count). The summed E-state index contributed by atoms with van der Waals surface area (Å²) in [6.07, 6.45) is 6.15. The molecule has 0 atom stereocenters. The van der Waals surface area contributed by atoms with Crippen LogP contribution in [0, 0.1) is 0 Å². The zero-order valence-electron chi connectivity index (χ0n) is 16.2. The maximum Gasteiger partial charge on any atom is 0.270 e. The van der Waals surface area contributed by atoms with Crippen molar-refractivity contribution in [2.45, 2.75) is 13.0 Å². The van der Waals surface area contributed by atoms with Crippen LogP contribution < -0.4 is 19.7 Å². The smallest absolute Gasteiger partial charge is 0.270 e. The van der Waals surface area contributed by atoms with Gasteiger partial charge in [-0.1, -0.05) is 6.07 Å². The SMILES string of the molecule is CN(CCc1ccncc1)c1ccnc(C(=O)NCc2ccc3c(c2)OCO3)c1. The highest BCUT2D eigenvalue weighted by Crippen LogP contribution is 2.32. The van der Waals surface area contributed by atoms with Crippen molar-refractivity contribution >= 4 is 11.6 Å². The molecule has 29 heavy (non-hydrogen) atoms. The molecule has 3 aromatic rings. The highest BCUT2D eigenvalue weighted by molar-refractivity contribution is 5.93. The van der Waals surface area contributed by atoms with Gasteiger partial charge in [-0.25, -0.2) is 0 Å². The van der Waals surface area contributed by atoms with E-state index >= 15 is 0 Å². The largest absolute Gasteiger partial charge is 0.454 e. The van der Waals surface area contributed by atoms with Gasteiger partial charge in [0.05, 0.1) is 0 Å². The van der Waals surface area contributed by atoms with Gasteiger partial charge in [-0.05, 0) is 53.9 Å². The fraction of sp³-hybridized carbons (Fsp3) is 0.227. The van der Waals surface area contributed by atoms with Crippen molar-refractivity contribution in [3.63, 3.8) is 0 Å². The van der Waals surface area contributed by atoms with E-state index in [1.807, 2.05) is 49.5 Å². The minimum absolute atomic E-state index is 0.216. The Morgan fingerprint density at radius 3 is 2.72 bits per heavy atom. The summed E-state index contributed by atoms with van der Waals surface area (Å²) in [5.74, 6) is 1.21. The zero-order valence-corrected chi connectivity index (χ0v) is 16.2. The normalized spacial score (nSPS) is 11.9. The van der Waals surface area contributed by atoms with Crippen LogP contribution in [0.15, 0.2) is 61.1 Å². The number of anilines is 1. The second kappa shape index (κ2) is 8.60. The Labute approximate surface area is 169 Å². The van der Waals surface area contributed by atoms with Gasteiger partial charge in [0.25, 0.3) is 5.91 Å². The van der Waals surface area contributed by atoms with E-state index in [2.05, 4.69) is 20.2 Å². The topological polar surface area (TPSA) is 76.6 Å². The Bertz CT molecular complexity index is 994. The third kappa shape index (κ3) is 4.63. The number of hydrogen-bond donors (Lipinski definition) is 1. The van der Waals surface area contributed by atoms with Crippen molar-refractivity contribution in [2.24, 2.45) is 0 Å². The summed E-state index contributed by atoms with van der Waals surface area (Å²) in [5, 5.41) is 2.91. The summed E-state index contributed by atoms with van der Waals surface area (Å²) < 4.78 is 10.7. The van der Waals surface area contributed by atoms with E-state index < -0.39 is 0 Å². The molecule has 0 radical (unpaired) electrons. The monoisotopic (exact) mass is 390 g/mol. The Morgan fingerprint density at radius 1 is 1.03 bits per heavy atom. The number of benzene rings is 1. The molecule has 1 amide bonds. The lowest BCUT2D eigenvalue weighted by Crippen LogP contribution is -2.25. The molecule has 7 nitrogen and oxygen atoms in total. The standard InChI is InChI=1S/C22H22N4O3/c1-26(11-7-16-4-8-23-9-5-16)18-6-10-24-19(13-18)22(27)25-14-17-2-3-20-21(12-17)29-15-28-20/h2-6,8-10,12-13H,7,11,14-15H2,1H3,(H,25,27). The van der Waals surface area contributed by atoms with Crippen LogP contribution in [0.3, 0.4) is 0 Å². The highest BCUT2D eigenvalue weighted by atomic mass is 16.7. The predicted octanol–water partition coefficient (Wildman–Crippen LogP) is 2.81. The molecular weight excluding hydrogens is 368 g/mol. The summed E-state index contributed by atoms with van der Waals surface area (Å²) >= 11 is 0. The van der Waals surface area contributed by atoms with Crippen LogP contribution in [0.1, 0.15) is 21.6 Å². The van der Waals surface area contributed by atoms with Gasteiger partial charge in [-0.15, -0.1) is 0 Å². The molecule has 0 aliphatic carbocycles. The van der Waals surface area contributed by atoms with E-state index in [1.54, 1.807) is 18.6 Å². The number of carbonyl (C=O) groups is 1. The molecule has 1 aromatic carbocycles. The number of likely N-dealkylation sites (N-methyl/N-ethyl adjacent to an activating group) is 1. The number of rotatable bonds is 7. The van der Waals surface area contributed by atoms with E-state index in [0.717, 1.165) is 30.0 Å². The molecule has 0 spiro atoms. The van der Waals surface area contributed by atoms with E-state index in [4.69, 9.17) is 9.47 Å². The van der Waals surface area contributed by atoms with E-state index in [1.165, 1.54) is 5.56 Å². The summed E-state index contributed by atoms with van der Waals surface area (Å²) in [7, 11) is 2.00. The molecule has 0 saturated heterocycles. The van der Waals surface area contributed by atoms with Crippen molar-refractivity contribution < 1.29 is 14.3 Å². The Kier molecular flexibility index (Phi) is 5.56. The van der Waals surface area contributed by atoms with Crippen LogP contribution in [-0.2, 0) is 13.0 Å². The minimum Gasteiger partial charge on any atom is -0.454 e. The van der Waals surface area contributed by atoms with Crippen LogP contribution in [0.2, 0.25) is 0 Å². The summed E-state index contributed by atoms with van der Waals surface area (Å²) in [6, 6.07) is 13.4. The quantitative estimate of drug-likeness (QED) is 0.669. The molecule has 0 unspecified atom stereocenters. The number of pyridine rings is 2. The molecule has 1 N–H and O–H groups in total. The average Bonchev–Trinajstić information content (AvgIpc) is 3.24. The second-order valence-electron chi connectivity index (χ2n) is 6.80. The van der Waals surface area contributed by atoms with Gasteiger partial charge < -0.3 is 19.7 Å². The van der Waals surface area contributed by atoms with Gasteiger partial charge in [-0.3, -0.25) is 14.8 Å². The number of nitrogens with one attached hydrogen (secondary N) is 1. The first-order chi connectivity index (χ1) is 14.2. The fourth-order valence-corrected chi connectivity index (χ4v) is 3.08. The van der Waals surface area contributed by atoms with Gasteiger partial charge in [-0.2, -0.15) is 0 Å².